The Balaban J connectivity index is 1.86. The molecule has 10 N–H and O–H groups in total. The van der Waals surface area contributed by atoms with E-state index in [4.69, 9.17) is 34.8 Å². The van der Waals surface area contributed by atoms with Gasteiger partial charge in [-0.3, -0.25) is 15.4 Å². The standard InChI is InChI=1S/C22H34ClN9O2/c1-15(24)30-32(27)14-18-12-19(23)4-2-17(18)3-5-21(33)31-10-7-16(8-11-31)6-9-28-22(34)20(25)13-29-26/h2-5,12-13,16,29H,6-11,14,25-27H2,1H3,(H2,24,30)(H,28,34)/b5-3+,20-13-. The van der Waals surface area contributed by atoms with Crippen molar-refractivity contribution in [3.63, 3.8) is 0 Å². The zero-order valence-electron chi connectivity index (χ0n) is 19.3. The highest BCUT2D eigenvalue weighted by molar-refractivity contribution is 6.30. The Labute approximate surface area is 204 Å². The number of hydrazone groups is 1. The van der Waals surface area contributed by atoms with Crippen molar-refractivity contribution in [3.8, 4) is 0 Å². The number of amides is 2. The molecule has 2 amide bonds. The fourth-order valence-corrected chi connectivity index (χ4v) is 3.84. The molecule has 0 aromatic heterocycles. The highest BCUT2D eigenvalue weighted by Crippen LogP contribution is 2.22. The number of likely N-dealkylation sites (tertiary alicyclic amines) is 1. The molecular weight excluding hydrogens is 458 g/mol. The smallest absolute Gasteiger partial charge is 0.268 e. The maximum Gasteiger partial charge on any atom is 0.268 e. The van der Waals surface area contributed by atoms with E-state index < -0.39 is 0 Å². The van der Waals surface area contributed by atoms with Crippen molar-refractivity contribution in [1.82, 2.24) is 20.8 Å². The second-order valence-corrected chi connectivity index (χ2v) is 8.53. The highest BCUT2D eigenvalue weighted by Gasteiger charge is 2.21. The summed E-state index contributed by atoms with van der Waals surface area (Å²) in [7, 11) is 0. The lowest BCUT2D eigenvalue weighted by Crippen LogP contribution is -2.38. The second-order valence-electron chi connectivity index (χ2n) is 8.10. The van der Waals surface area contributed by atoms with E-state index in [1.807, 2.05) is 11.0 Å². The zero-order chi connectivity index (χ0) is 25.1. The van der Waals surface area contributed by atoms with Crippen molar-refractivity contribution >= 4 is 35.3 Å². The van der Waals surface area contributed by atoms with E-state index in [1.165, 1.54) is 11.3 Å². The van der Waals surface area contributed by atoms with Crippen LogP contribution in [0, 0.1) is 5.92 Å². The fourth-order valence-electron chi connectivity index (χ4n) is 3.64. The van der Waals surface area contributed by atoms with E-state index in [0.29, 0.717) is 36.4 Å². The first kappa shape index (κ1) is 27.0. The molecular formula is C22H34ClN9O2. The molecule has 1 aromatic rings. The Morgan fingerprint density at radius 2 is 2.00 bits per heavy atom. The number of amidine groups is 1. The van der Waals surface area contributed by atoms with Gasteiger partial charge in [0.2, 0.25) is 5.91 Å². The molecule has 0 unspecified atom stereocenters. The first-order chi connectivity index (χ1) is 16.2. The van der Waals surface area contributed by atoms with Crippen LogP contribution in [0.1, 0.15) is 37.3 Å². The predicted octanol–water partition coefficient (Wildman–Crippen LogP) is 0.329. The van der Waals surface area contributed by atoms with E-state index in [9.17, 15) is 9.59 Å². The molecule has 2 rings (SSSR count). The number of carbonyl (C=O) groups excluding carboxylic acids is 2. The molecule has 1 aliphatic heterocycles. The maximum atomic E-state index is 12.7. The van der Waals surface area contributed by atoms with Gasteiger partial charge in [-0.15, -0.1) is 5.10 Å². The topological polar surface area (TPSA) is 181 Å². The van der Waals surface area contributed by atoms with Crippen LogP contribution in [0.3, 0.4) is 0 Å². The van der Waals surface area contributed by atoms with E-state index in [2.05, 4.69) is 15.8 Å². The van der Waals surface area contributed by atoms with Crippen LogP contribution in [0.15, 0.2) is 41.3 Å². The second kappa shape index (κ2) is 13.4. The molecule has 0 spiro atoms. The number of carbonyl (C=O) groups is 2. The lowest BCUT2D eigenvalue weighted by Gasteiger charge is -2.31. The molecule has 0 bridgehead atoms. The van der Waals surface area contributed by atoms with Crippen molar-refractivity contribution in [2.45, 2.75) is 32.7 Å². The van der Waals surface area contributed by atoms with Crippen LogP contribution >= 0.6 is 11.6 Å². The van der Waals surface area contributed by atoms with Crippen LogP contribution in [-0.4, -0.2) is 47.3 Å². The van der Waals surface area contributed by atoms with Crippen molar-refractivity contribution in [3.05, 3.63) is 52.3 Å². The summed E-state index contributed by atoms with van der Waals surface area (Å²) in [6.45, 7) is 3.77. The summed E-state index contributed by atoms with van der Waals surface area (Å²) in [5.41, 5.74) is 15.0. The van der Waals surface area contributed by atoms with Crippen LogP contribution in [0.5, 0.6) is 0 Å². The molecule has 1 fully saturated rings. The van der Waals surface area contributed by atoms with Gasteiger partial charge in [0.15, 0.2) is 0 Å². The van der Waals surface area contributed by atoms with E-state index >= 15 is 0 Å². The number of benzene rings is 1. The molecule has 186 valence electrons. The number of hydrogen-bond donors (Lipinski definition) is 6. The van der Waals surface area contributed by atoms with Gasteiger partial charge in [-0.2, -0.15) is 0 Å². The molecule has 12 heteroatoms. The molecule has 0 saturated carbocycles. The van der Waals surface area contributed by atoms with Gasteiger partial charge in [0.25, 0.3) is 5.91 Å². The van der Waals surface area contributed by atoms with Crippen LogP contribution in [-0.2, 0) is 16.1 Å². The lowest BCUT2D eigenvalue weighted by molar-refractivity contribution is -0.127. The Kier molecular flexibility index (Phi) is 10.7. The monoisotopic (exact) mass is 491 g/mol. The van der Waals surface area contributed by atoms with Gasteiger partial charge in [0, 0.05) is 36.9 Å². The highest BCUT2D eigenvalue weighted by atomic mass is 35.5. The molecule has 0 atom stereocenters. The normalized spacial score (nSPS) is 15.5. The molecule has 1 heterocycles. The maximum absolute atomic E-state index is 12.7. The SMILES string of the molecule is C/C(N)=N/N(N)Cc1cc(Cl)ccc1/C=C/C(=O)N1CCC(CCNC(=O)/C(N)=C/NN)CC1. The van der Waals surface area contributed by atoms with Crippen LogP contribution < -0.4 is 33.9 Å². The summed E-state index contributed by atoms with van der Waals surface area (Å²) in [6, 6.07) is 5.38. The largest absolute Gasteiger partial charge is 0.393 e. The van der Waals surface area contributed by atoms with Crippen molar-refractivity contribution in [2.24, 2.45) is 34.2 Å². The van der Waals surface area contributed by atoms with Gasteiger partial charge in [-0.05, 0) is 61.4 Å². The number of nitrogens with two attached hydrogens (primary N) is 4. The number of hydrazine groups is 2. The molecule has 11 nitrogen and oxygen atoms in total. The molecule has 1 saturated heterocycles. The minimum atomic E-state index is -0.361. The zero-order valence-corrected chi connectivity index (χ0v) is 20.1. The van der Waals surface area contributed by atoms with Gasteiger partial charge in [0.1, 0.15) is 11.5 Å². The number of nitrogens with one attached hydrogen (secondary N) is 2. The predicted molar refractivity (Wildman–Crippen MR) is 134 cm³/mol. The van der Waals surface area contributed by atoms with E-state index in [0.717, 1.165) is 30.4 Å². The van der Waals surface area contributed by atoms with Crippen molar-refractivity contribution in [2.75, 3.05) is 19.6 Å². The molecule has 1 aliphatic rings. The molecule has 0 radical (unpaired) electrons. The summed E-state index contributed by atoms with van der Waals surface area (Å²) in [5.74, 6) is 11.3. The van der Waals surface area contributed by atoms with Crippen LogP contribution in [0.25, 0.3) is 6.08 Å². The third kappa shape index (κ3) is 8.93. The average molecular weight is 492 g/mol. The van der Waals surface area contributed by atoms with Gasteiger partial charge in [0.05, 0.1) is 6.54 Å². The Hall–Kier alpha value is -3.28. The first-order valence-corrected chi connectivity index (χ1v) is 11.4. The fraction of sp³-hybridized carbons (Fsp3) is 0.409. The minimum Gasteiger partial charge on any atom is -0.393 e. The Morgan fingerprint density at radius 3 is 2.65 bits per heavy atom. The van der Waals surface area contributed by atoms with Gasteiger partial charge in [-0.1, -0.05) is 17.7 Å². The quantitative estimate of drug-likeness (QED) is 0.0889. The van der Waals surface area contributed by atoms with E-state index in [-0.39, 0.29) is 24.1 Å². The average Bonchev–Trinajstić information content (AvgIpc) is 2.78. The Bertz CT molecular complexity index is 936. The summed E-state index contributed by atoms with van der Waals surface area (Å²) >= 11 is 6.13. The number of hydrogen-bond acceptors (Lipinski definition) is 8. The Morgan fingerprint density at radius 1 is 1.29 bits per heavy atom. The third-order valence-electron chi connectivity index (χ3n) is 5.39. The molecule has 34 heavy (non-hydrogen) atoms. The number of piperidine rings is 1. The third-order valence-corrected chi connectivity index (χ3v) is 5.63. The summed E-state index contributed by atoms with van der Waals surface area (Å²) in [6.07, 6.45) is 7.12. The van der Waals surface area contributed by atoms with E-state index in [1.54, 1.807) is 31.2 Å². The number of halogens is 1. The lowest BCUT2D eigenvalue weighted by atomic mass is 9.93. The summed E-state index contributed by atoms with van der Waals surface area (Å²) in [4.78, 5) is 26.3. The van der Waals surface area contributed by atoms with Crippen molar-refractivity contribution in [1.29, 1.82) is 0 Å². The number of nitrogens with zero attached hydrogens (tertiary/aromatic N) is 3. The van der Waals surface area contributed by atoms with Gasteiger partial charge < -0.3 is 27.1 Å². The number of rotatable bonds is 10. The molecule has 0 aliphatic carbocycles. The molecule has 1 aromatic carbocycles. The van der Waals surface area contributed by atoms with Gasteiger partial charge >= 0.3 is 0 Å². The summed E-state index contributed by atoms with van der Waals surface area (Å²) in [5, 5.41) is 8.55. The van der Waals surface area contributed by atoms with Gasteiger partial charge in [-0.25, -0.2) is 11.0 Å². The first-order valence-electron chi connectivity index (χ1n) is 11.0. The van der Waals surface area contributed by atoms with Crippen molar-refractivity contribution < 1.29 is 9.59 Å². The van der Waals surface area contributed by atoms with Crippen LogP contribution in [0.4, 0.5) is 0 Å². The summed E-state index contributed by atoms with van der Waals surface area (Å²) < 4.78 is 0. The minimum absolute atomic E-state index is 0.0277. The van der Waals surface area contributed by atoms with Crippen LogP contribution in [0.2, 0.25) is 5.02 Å².